The number of hydrogen-bond donors (Lipinski definition) is 3. The predicted molar refractivity (Wildman–Crippen MR) is 115 cm³/mol. The second-order valence-electron chi connectivity index (χ2n) is 6.52. The molecule has 31 heavy (non-hydrogen) atoms. The fourth-order valence-corrected chi connectivity index (χ4v) is 4.31. The Bertz CT molecular complexity index is 1310. The van der Waals surface area contributed by atoms with Crippen molar-refractivity contribution < 1.29 is 21.6 Å². The Labute approximate surface area is 179 Å². The zero-order valence-electron chi connectivity index (χ0n) is 16.5. The number of aryl methyl sites for hydroxylation is 2. The molecule has 0 aliphatic heterocycles. The Morgan fingerprint density at radius 3 is 2.00 bits per heavy atom. The molecule has 10 nitrogen and oxygen atoms in total. The van der Waals surface area contributed by atoms with Gasteiger partial charge in [0.1, 0.15) is 0 Å². The minimum absolute atomic E-state index is 0.0564. The predicted octanol–water partition coefficient (Wildman–Crippen LogP) is 2.40. The molecular weight excluding hydrogens is 442 g/mol. The number of benzene rings is 2. The first-order valence-electron chi connectivity index (χ1n) is 8.88. The van der Waals surface area contributed by atoms with E-state index >= 15 is 0 Å². The SMILES string of the molecule is Cc1ccc(S(=O)(=O)NC(=O)Nc2ccc(S(=O)(=O)Nc3nccc(C)n3)cc2)cc1. The number of amides is 2. The van der Waals surface area contributed by atoms with E-state index in [1.807, 2.05) is 11.6 Å². The van der Waals surface area contributed by atoms with Crippen LogP contribution in [-0.4, -0.2) is 32.8 Å². The van der Waals surface area contributed by atoms with Gasteiger partial charge in [0, 0.05) is 17.6 Å². The van der Waals surface area contributed by atoms with Crippen molar-refractivity contribution >= 4 is 37.7 Å². The van der Waals surface area contributed by atoms with Crippen molar-refractivity contribution in [2.24, 2.45) is 0 Å². The highest BCUT2D eigenvalue weighted by atomic mass is 32.2. The number of nitrogens with zero attached hydrogens (tertiary/aromatic N) is 2. The van der Waals surface area contributed by atoms with E-state index in [9.17, 15) is 21.6 Å². The van der Waals surface area contributed by atoms with Gasteiger partial charge in [-0.3, -0.25) is 0 Å². The van der Waals surface area contributed by atoms with Crippen molar-refractivity contribution in [2.45, 2.75) is 23.6 Å². The molecule has 0 radical (unpaired) electrons. The second-order valence-corrected chi connectivity index (χ2v) is 9.89. The minimum atomic E-state index is -4.05. The van der Waals surface area contributed by atoms with Crippen molar-refractivity contribution in [2.75, 3.05) is 10.0 Å². The molecular formula is C19H19N5O5S2. The van der Waals surface area contributed by atoms with Gasteiger partial charge in [0.15, 0.2) is 0 Å². The molecule has 0 spiro atoms. The minimum Gasteiger partial charge on any atom is -0.307 e. The molecule has 0 atom stereocenters. The van der Waals surface area contributed by atoms with E-state index in [-0.39, 0.29) is 21.4 Å². The zero-order valence-corrected chi connectivity index (χ0v) is 18.2. The van der Waals surface area contributed by atoms with Gasteiger partial charge in [0.25, 0.3) is 20.0 Å². The van der Waals surface area contributed by atoms with Crippen LogP contribution in [-0.2, 0) is 20.0 Å². The van der Waals surface area contributed by atoms with E-state index in [0.717, 1.165) is 5.56 Å². The van der Waals surface area contributed by atoms with E-state index in [1.165, 1.54) is 42.6 Å². The van der Waals surface area contributed by atoms with Crippen molar-refractivity contribution in [1.29, 1.82) is 0 Å². The molecule has 0 aliphatic carbocycles. The molecule has 1 aromatic heterocycles. The van der Waals surface area contributed by atoms with Crippen LogP contribution in [0.1, 0.15) is 11.3 Å². The largest absolute Gasteiger partial charge is 0.333 e. The summed E-state index contributed by atoms with van der Waals surface area (Å²) < 4.78 is 53.6. The Morgan fingerprint density at radius 2 is 1.39 bits per heavy atom. The Hall–Kier alpha value is -3.51. The van der Waals surface area contributed by atoms with Crippen LogP contribution in [0, 0.1) is 13.8 Å². The van der Waals surface area contributed by atoms with Crippen LogP contribution in [0.2, 0.25) is 0 Å². The van der Waals surface area contributed by atoms with Crippen molar-refractivity contribution in [1.82, 2.24) is 14.7 Å². The number of carbonyl (C=O) groups excluding carboxylic acids is 1. The highest BCUT2D eigenvalue weighted by Crippen LogP contribution is 2.17. The summed E-state index contributed by atoms with van der Waals surface area (Å²) in [6.07, 6.45) is 1.43. The molecule has 3 rings (SSSR count). The number of rotatable bonds is 6. The molecule has 3 N–H and O–H groups in total. The average molecular weight is 462 g/mol. The maximum atomic E-state index is 12.4. The number of hydrogen-bond acceptors (Lipinski definition) is 7. The van der Waals surface area contributed by atoms with Crippen molar-refractivity contribution in [3.8, 4) is 0 Å². The summed E-state index contributed by atoms with van der Waals surface area (Å²) in [6, 6.07) is 11.8. The lowest BCUT2D eigenvalue weighted by atomic mass is 10.2. The molecule has 162 valence electrons. The van der Waals surface area contributed by atoms with E-state index in [2.05, 4.69) is 20.0 Å². The Morgan fingerprint density at radius 1 is 0.806 bits per heavy atom. The lowest BCUT2D eigenvalue weighted by Gasteiger charge is -2.10. The molecule has 2 amide bonds. The second kappa shape index (κ2) is 8.70. The molecule has 0 saturated carbocycles. The third-order valence-electron chi connectivity index (χ3n) is 4.00. The van der Waals surface area contributed by atoms with Gasteiger partial charge in [-0.05, 0) is 56.3 Å². The Balaban J connectivity index is 1.67. The van der Waals surface area contributed by atoms with Gasteiger partial charge in [-0.1, -0.05) is 17.7 Å². The van der Waals surface area contributed by atoms with E-state index in [4.69, 9.17) is 0 Å². The summed E-state index contributed by atoms with van der Waals surface area (Å²) in [5.74, 6) is -0.0668. The van der Waals surface area contributed by atoms with Crippen LogP contribution in [0.25, 0.3) is 0 Å². The lowest BCUT2D eigenvalue weighted by Crippen LogP contribution is -2.34. The molecule has 12 heteroatoms. The number of anilines is 2. The number of nitrogens with one attached hydrogen (secondary N) is 3. The van der Waals surface area contributed by atoms with Crippen LogP contribution in [0.5, 0.6) is 0 Å². The standard InChI is InChI=1S/C19H19N5O5S2/c1-13-3-7-16(8-4-13)31(28,29)24-19(25)22-15-5-9-17(10-6-15)30(26,27)23-18-20-12-11-14(2)21-18/h3-12H,1-2H3,(H,20,21,23)(H2,22,24,25). The van der Waals surface area contributed by atoms with E-state index < -0.39 is 26.1 Å². The fourth-order valence-electron chi connectivity index (χ4n) is 2.45. The summed E-state index contributed by atoms with van der Waals surface area (Å²) >= 11 is 0. The topological polar surface area (TPSA) is 147 Å². The van der Waals surface area contributed by atoms with Gasteiger partial charge in [-0.2, -0.15) is 0 Å². The molecule has 0 aliphatic rings. The first-order chi connectivity index (χ1) is 14.5. The zero-order chi connectivity index (χ0) is 22.6. The van der Waals surface area contributed by atoms with Crippen LogP contribution in [0.4, 0.5) is 16.4 Å². The third-order valence-corrected chi connectivity index (χ3v) is 6.69. The quantitative estimate of drug-likeness (QED) is 0.510. The van der Waals surface area contributed by atoms with E-state index in [1.54, 1.807) is 25.1 Å². The number of carbonyl (C=O) groups is 1. The molecule has 0 saturated heterocycles. The molecule has 0 unspecified atom stereocenters. The molecule has 0 bridgehead atoms. The first-order valence-corrected chi connectivity index (χ1v) is 11.8. The summed E-state index contributed by atoms with van der Waals surface area (Å²) in [7, 11) is -7.99. The van der Waals surface area contributed by atoms with E-state index in [0.29, 0.717) is 5.69 Å². The molecule has 1 heterocycles. The monoisotopic (exact) mass is 461 g/mol. The summed E-state index contributed by atoms with van der Waals surface area (Å²) in [5.41, 5.74) is 1.67. The fraction of sp³-hybridized carbons (Fsp3) is 0.105. The average Bonchev–Trinajstić information content (AvgIpc) is 2.68. The smallest absolute Gasteiger partial charge is 0.307 e. The summed E-state index contributed by atoms with van der Waals surface area (Å²) in [5, 5.41) is 2.35. The maximum Gasteiger partial charge on any atom is 0.333 e. The number of aromatic nitrogens is 2. The normalized spacial score (nSPS) is 11.5. The summed E-state index contributed by atoms with van der Waals surface area (Å²) in [4.78, 5) is 19.8. The van der Waals surface area contributed by atoms with Gasteiger partial charge in [0.05, 0.1) is 9.79 Å². The third kappa shape index (κ3) is 5.77. The molecule has 0 fully saturated rings. The maximum absolute atomic E-state index is 12.4. The van der Waals surface area contributed by atoms with Crippen molar-refractivity contribution in [3.63, 3.8) is 0 Å². The summed E-state index contributed by atoms with van der Waals surface area (Å²) in [6.45, 7) is 3.51. The van der Waals surface area contributed by atoms with Gasteiger partial charge in [0.2, 0.25) is 5.95 Å². The highest BCUT2D eigenvalue weighted by Gasteiger charge is 2.19. The van der Waals surface area contributed by atoms with Crippen LogP contribution < -0.4 is 14.8 Å². The highest BCUT2D eigenvalue weighted by molar-refractivity contribution is 7.92. The Kier molecular flexibility index (Phi) is 6.22. The van der Waals surface area contributed by atoms with Gasteiger partial charge < -0.3 is 5.32 Å². The number of sulfonamides is 2. The van der Waals surface area contributed by atoms with Gasteiger partial charge in [-0.15, -0.1) is 0 Å². The lowest BCUT2D eigenvalue weighted by molar-refractivity contribution is 0.256. The molecule has 3 aromatic rings. The van der Waals surface area contributed by atoms with Gasteiger partial charge in [-0.25, -0.2) is 41.0 Å². The van der Waals surface area contributed by atoms with Crippen LogP contribution in [0.3, 0.4) is 0 Å². The van der Waals surface area contributed by atoms with Crippen molar-refractivity contribution in [3.05, 3.63) is 72.1 Å². The van der Waals surface area contributed by atoms with Gasteiger partial charge >= 0.3 is 6.03 Å². The van der Waals surface area contributed by atoms with Crippen LogP contribution in [0.15, 0.2) is 70.6 Å². The number of urea groups is 1. The first kappa shape index (κ1) is 22.2. The van der Waals surface area contributed by atoms with Crippen LogP contribution >= 0.6 is 0 Å². The molecule has 2 aromatic carbocycles.